The van der Waals surface area contributed by atoms with E-state index in [0.29, 0.717) is 6.04 Å². The van der Waals surface area contributed by atoms with E-state index < -0.39 is 5.97 Å². The molecule has 0 bridgehead atoms. The van der Waals surface area contributed by atoms with Gasteiger partial charge in [-0.15, -0.1) is 0 Å². The van der Waals surface area contributed by atoms with E-state index in [1.165, 1.54) is 0 Å². The van der Waals surface area contributed by atoms with Crippen LogP contribution in [0.4, 0.5) is 0 Å². The molecule has 0 aromatic heterocycles. The van der Waals surface area contributed by atoms with Crippen molar-refractivity contribution in [2.24, 2.45) is 11.3 Å². The van der Waals surface area contributed by atoms with Gasteiger partial charge in [0.15, 0.2) is 0 Å². The molecule has 1 aliphatic rings. The molecule has 0 aromatic rings. The summed E-state index contributed by atoms with van der Waals surface area (Å²) in [4.78, 5) is 13.0. The van der Waals surface area contributed by atoms with Crippen molar-refractivity contribution in [2.75, 3.05) is 26.7 Å². The van der Waals surface area contributed by atoms with E-state index in [2.05, 4.69) is 38.0 Å². The van der Waals surface area contributed by atoms with Gasteiger partial charge in [-0.2, -0.15) is 0 Å². The van der Waals surface area contributed by atoms with Gasteiger partial charge >= 0.3 is 5.97 Å². The molecule has 0 saturated carbocycles. The summed E-state index contributed by atoms with van der Waals surface area (Å²) in [6, 6.07) is 0.428. The summed E-state index contributed by atoms with van der Waals surface area (Å²) in [7, 11) is 2.07. The highest BCUT2D eigenvalue weighted by atomic mass is 16.4. The second-order valence-corrected chi connectivity index (χ2v) is 6.56. The van der Waals surface area contributed by atoms with E-state index in [1.54, 1.807) is 0 Å². The van der Waals surface area contributed by atoms with Gasteiger partial charge in [-0.25, -0.2) is 0 Å². The number of hydrogen-bond donors (Lipinski definition) is 2. The van der Waals surface area contributed by atoms with Crippen LogP contribution in [0.25, 0.3) is 0 Å². The summed E-state index contributed by atoms with van der Waals surface area (Å²) in [5.74, 6) is -0.399. The molecule has 2 atom stereocenters. The second-order valence-electron chi connectivity index (χ2n) is 6.56. The van der Waals surface area contributed by atoms with Gasteiger partial charge in [0.1, 0.15) is 0 Å². The third-order valence-electron chi connectivity index (χ3n) is 3.10. The zero-order valence-corrected chi connectivity index (χ0v) is 11.5. The first-order valence-electron chi connectivity index (χ1n) is 6.40. The van der Waals surface area contributed by atoms with Gasteiger partial charge in [-0.05, 0) is 24.8 Å². The summed E-state index contributed by atoms with van der Waals surface area (Å²) < 4.78 is 0. The SMILES string of the molecule is CN1CC(CC(=O)O)CC(NCC(C)(C)C)C1. The van der Waals surface area contributed by atoms with E-state index in [0.717, 1.165) is 26.1 Å². The second kappa shape index (κ2) is 5.83. The topological polar surface area (TPSA) is 52.6 Å². The smallest absolute Gasteiger partial charge is 0.303 e. The van der Waals surface area contributed by atoms with Crippen molar-refractivity contribution in [3.05, 3.63) is 0 Å². The van der Waals surface area contributed by atoms with E-state index in [4.69, 9.17) is 5.11 Å². The first-order chi connectivity index (χ1) is 7.76. The molecule has 1 heterocycles. The number of hydrogen-bond acceptors (Lipinski definition) is 3. The minimum Gasteiger partial charge on any atom is -0.481 e. The lowest BCUT2D eigenvalue weighted by Crippen LogP contribution is -2.49. The molecule has 4 nitrogen and oxygen atoms in total. The van der Waals surface area contributed by atoms with Crippen LogP contribution in [0, 0.1) is 11.3 Å². The van der Waals surface area contributed by atoms with Crippen molar-refractivity contribution < 1.29 is 9.90 Å². The Bertz CT molecular complexity index is 261. The maximum atomic E-state index is 10.8. The van der Waals surface area contributed by atoms with Gasteiger partial charge in [0.05, 0.1) is 0 Å². The molecule has 17 heavy (non-hydrogen) atoms. The van der Waals surface area contributed by atoms with Crippen LogP contribution in [0.1, 0.15) is 33.6 Å². The fourth-order valence-corrected chi connectivity index (χ4v) is 2.44. The zero-order chi connectivity index (χ0) is 13.1. The predicted molar refractivity (Wildman–Crippen MR) is 69.1 cm³/mol. The highest BCUT2D eigenvalue weighted by molar-refractivity contribution is 5.67. The lowest BCUT2D eigenvalue weighted by Gasteiger charge is -2.36. The maximum absolute atomic E-state index is 10.8. The number of rotatable bonds is 4. The van der Waals surface area contributed by atoms with Crippen molar-refractivity contribution >= 4 is 5.97 Å². The highest BCUT2D eigenvalue weighted by Gasteiger charge is 2.27. The van der Waals surface area contributed by atoms with E-state index in [9.17, 15) is 4.79 Å². The first kappa shape index (κ1) is 14.5. The Balaban J connectivity index is 2.42. The van der Waals surface area contributed by atoms with Crippen LogP contribution < -0.4 is 5.32 Å². The number of carbonyl (C=O) groups is 1. The van der Waals surface area contributed by atoms with Crippen molar-refractivity contribution in [2.45, 2.75) is 39.7 Å². The monoisotopic (exact) mass is 242 g/mol. The van der Waals surface area contributed by atoms with E-state index >= 15 is 0 Å². The summed E-state index contributed by atoms with van der Waals surface area (Å²) in [5.41, 5.74) is 0.276. The van der Waals surface area contributed by atoms with E-state index in [-0.39, 0.29) is 17.8 Å². The highest BCUT2D eigenvalue weighted by Crippen LogP contribution is 2.20. The standard InChI is InChI=1S/C13H26N2O2/c1-13(2,3)9-14-11-5-10(6-12(16)17)7-15(4)8-11/h10-11,14H,5-9H2,1-4H3,(H,16,17). The number of aliphatic carboxylic acids is 1. The van der Waals surface area contributed by atoms with Crippen molar-refractivity contribution in [3.63, 3.8) is 0 Å². The summed E-state index contributed by atoms with van der Waals surface area (Å²) in [6.45, 7) is 9.53. The molecule has 0 radical (unpaired) electrons. The number of likely N-dealkylation sites (N-methyl/N-ethyl adjacent to an activating group) is 1. The minimum atomic E-state index is -0.681. The molecular formula is C13H26N2O2. The number of nitrogens with one attached hydrogen (secondary N) is 1. The normalized spacial score (nSPS) is 27.1. The third-order valence-corrected chi connectivity index (χ3v) is 3.10. The van der Waals surface area contributed by atoms with Crippen LogP contribution in [-0.4, -0.2) is 48.7 Å². The molecule has 1 rings (SSSR count). The minimum absolute atomic E-state index is 0.276. The van der Waals surface area contributed by atoms with Gasteiger partial charge < -0.3 is 15.3 Å². The van der Waals surface area contributed by atoms with Crippen molar-refractivity contribution in [1.82, 2.24) is 10.2 Å². The molecule has 1 fully saturated rings. The number of piperidine rings is 1. The lowest BCUT2D eigenvalue weighted by atomic mass is 9.90. The Kier molecular flexibility index (Phi) is 4.95. The zero-order valence-electron chi connectivity index (χ0n) is 11.5. The Labute approximate surface area is 104 Å². The summed E-state index contributed by atoms with van der Waals surface area (Å²) in [5, 5.41) is 12.4. The molecule has 0 amide bonds. The summed E-state index contributed by atoms with van der Waals surface area (Å²) >= 11 is 0. The maximum Gasteiger partial charge on any atom is 0.303 e. The van der Waals surface area contributed by atoms with Gasteiger partial charge in [-0.1, -0.05) is 20.8 Å². The number of nitrogens with zero attached hydrogens (tertiary/aromatic N) is 1. The number of likely N-dealkylation sites (tertiary alicyclic amines) is 1. The van der Waals surface area contributed by atoms with E-state index in [1.807, 2.05) is 0 Å². The van der Waals surface area contributed by atoms with Crippen LogP contribution in [0.5, 0.6) is 0 Å². The number of carboxylic acid groups (broad SMARTS) is 1. The van der Waals surface area contributed by atoms with Crippen molar-refractivity contribution in [1.29, 1.82) is 0 Å². The molecule has 0 aliphatic carbocycles. The van der Waals surface area contributed by atoms with Crippen LogP contribution in [-0.2, 0) is 4.79 Å². The number of carboxylic acids is 1. The fourth-order valence-electron chi connectivity index (χ4n) is 2.44. The third kappa shape index (κ3) is 6.03. The average molecular weight is 242 g/mol. The molecular weight excluding hydrogens is 216 g/mol. The Hall–Kier alpha value is -0.610. The predicted octanol–water partition coefficient (Wildman–Crippen LogP) is 1.42. The largest absolute Gasteiger partial charge is 0.481 e. The molecule has 2 N–H and O–H groups in total. The molecule has 2 unspecified atom stereocenters. The van der Waals surface area contributed by atoms with Gasteiger partial charge in [0.2, 0.25) is 0 Å². The van der Waals surface area contributed by atoms with Crippen LogP contribution >= 0.6 is 0 Å². The lowest BCUT2D eigenvalue weighted by molar-refractivity contribution is -0.138. The van der Waals surface area contributed by atoms with Crippen molar-refractivity contribution in [3.8, 4) is 0 Å². The van der Waals surface area contributed by atoms with Gasteiger partial charge in [0, 0.05) is 32.1 Å². The molecule has 1 aliphatic heterocycles. The van der Waals surface area contributed by atoms with Crippen LogP contribution in [0.3, 0.4) is 0 Å². The molecule has 4 heteroatoms. The molecule has 0 spiro atoms. The quantitative estimate of drug-likeness (QED) is 0.783. The summed E-state index contributed by atoms with van der Waals surface area (Å²) in [6.07, 6.45) is 1.27. The Morgan fingerprint density at radius 2 is 2.06 bits per heavy atom. The average Bonchev–Trinajstić information content (AvgIpc) is 2.11. The molecule has 100 valence electrons. The van der Waals surface area contributed by atoms with Gasteiger partial charge in [-0.3, -0.25) is 4.79 Å². The Morgan fingerprint density at radius 3 is 2.59 bits per heavy atom. The van der Waals surface area contributed by atoms with Crippen LogP contribution in [0.15, 0.2) is 0 Å². The molecule has 0 aromatic carbocycles. The van der Waals surface area contributed by atoms with Gasteiger partial charge in [0.25, 0.3) is 0 Å². The Morgan fingerprint density at radius 1 is 1.41 bits per heavy atom. The first-order valence-corrected chi connectivity index (χ1v) is 6.40. The fraction of sp³-hybridized carbons (Fsp3) is 0.923. The molecule has 1 saturated heterocycles. The van der Waals surface area contributed by atoms with Crippen LogP contribution in [0.2, 0.25) is 0 Å².